The van der Waals surface area contributed by atoms with Gasteiger partial charge in [-0.2, -0.15) is 0 Å². The molecule has 1 aliphatic heterocycles. The van der Waals surface area contributed by atoms with E-state index in [4.69, 9.17) is 0 Å². The third-order valence-corrected chi connectivity index (χ3v) is 8.31. The second-order valence-corrected chi connectivity index (χ2v) is 11.8. The van der Waals surface area contributed by atoms with Crippen LogP contribution in [0.2, 0.25) is 9.45 Å². The first kappa shape index (κ1) is 18.9. The van der Waals surface area contributed by atoms with E-state index in [1.807, 2.05) is 0 Å². The number of anilines is 1. The van der Waals surface area contributed by atoms with Gasteiger partial charge in [-0.1, -0.05) is 0 Å². The number of halogens is 2. The molecule has 2 aromatic rings. The standard InChI is InChI=1S/C17H18N.C2H4.2ClH.Ti/c1-17(2,3)18-16-10-6-9-14-13-8-5-4-7-12(13)11-15(14)16;1-2;;;/h4-11,18H,1-3H3;1-2H2;2*1H;/q;;;;+2/p-2. The summed E-state index contributed by atoms with van der Waals surface area (Å²) in [5, 5.41) is 3.76. The van der Waals surface area contributed by atoms with Crippen LogP contribution in [0.4, 0.5) is 5.69 Å². The molecule has 1 fully saturated rings. The Bertz CT molecular complexity index is 705. The predicted octanol–water partition coefficient (Wildman–Crippen LogP) is -0.557. The molecule has 1 nitrogen and oxygen atoms in total. The second-order valence-electron chi connectivity index (χ2n) is 7.32. The molecule has 1 aliphatic carbocycles. The van der Waals surface area contributed by atoms with Crippen LogP contribution >= 0.6 is 0 Å². The van der Waals surface area contributed by atoms with Crippen molar-refractivity contribution >= 4 is 5.69 Å². The van der Waals surface area contributed by atoms with Crippen molar-refractivity contribution in [1.82, 2.24) is 0 Å². The maximum Gasteiger partial charge on any atom is -1.00 e. The van der Waals surface area contributed by atoms with Crippen LogP contribution in [0.5, 0.6) is 0 Å². The van der Waals surface area contributed by atoms with Crippen molar-refractivity contribution in [3.05, 3.63) is 53.6 Å². The molecule has 0 bridgehead atoms. The molecule has 2 aliphatic rings. The van der Waals surface area contributed by atoms with Crippen LogP contribution in [0, 0.1) is 0 Å². The van der Waals surface area contributed by atoms with Crippen molar-refractivity contribution in [3.8, 4) is 11.1 Å². The Morgan fingerprint density at radius 3 is 2.22 bits per heavy atom. The molecule has 2 aromatic carbocycles. The largest absolute Gasteiger partial charge is 1.00 e. The maximum atomic E-state index is 3.76. The first-order chi connectivity index (χ1) is 10.0. The van der Waals surface area contributed by atoms with Gasteiger partial charge >= 0.3 is 134 Å². The smallest absolute Gasteiger partial charge is 1.00 e. The molecule has 0 saturated carbocycles. The average Bonchev–Trinajstić information content (AvgIpc) is 3.20. The number of benzene rings is 2. The van der Waals surface area contributed by atoms with Gasteiger partial charge < -0.3 is 24.8 Å². The van der Waals surface area contributed by atoms with Gasteiger partial charge in [0.2, 0.25) is 0 Å². The topological polar surface area (TPSA) is 12.0 Å². The Hall–Kier alpha value is -0.466. The van der Waals surface area contributed by atoms with Crippen LogP contribution in [0.15, 0.2) is 42.5 Å². The fourth-order valence-electron chi connectivity index (χ4n) is 3.56. The molecule has 1 N–H and O–H groups in total. The average molecular weight is 383 g/mol. The minimum absolute atomic E-state index is 0. The van der Waals surface area contributed by atoms with Crippen LogP contribution in [-0.2, 0) is 17.9 Å². The Balaban J connectivity index is 0.000000960. The molecule has 0 amide bonds. The van der Waals surface area contributed by atoms with Gasteiger partial charge in [0.05, 0.1) is 0 Å². The number of nitrogens with one attached hydrogen (secondary N) is 1. The van der Waals surface area contributed by atoms with E-state index < -0.39 is 17.9 Å². The Morgan fingerprint density at radius 1 is 0.913 bits per heavy atom. The molecule has 0 aromatic heterocycles. The van der Waals surface area contributed by atoms with E-state index in [0.29, 0.717) is 0 Å². The van der Waals surface area contributed by atoms with Crippen molar-refractivity contribution in [2.24, 2.45) is 0 Å². The minimum Gasteiger partial charge on any atom is -1.00 e. The summed E-state index contributed by atoms with van der Waals surface area (Å²) >= 11 is -0.868. The SMILES string of the molecule is CC(C)(C)Nc1cccc2c1[CH]([Ti+2]1[CH2][CH2]1)c1ccccc1-2.[Cl-].[Cl-]. The summed E-state index contributed by atoms with van der Waals surface area (Å²) in [4.78, 5) is 0. The van der Waals surface area contributed by atoms with Gasteiger partial charge in [-0.25, -0.2) is 0 Å². The van der Waals surface area contributed by atoms with Crippen molar-refractivity contribution < 1.29 is 42.7 Å². The summed E-state index contributed by atoms with van der Waals surface area (Å²) < 4.78 is 3.85. The van der Waals surface area contributed by atoms with Gasteiger partial charge in [-0.15, -0.1) is 0 Å². The summed E-state index contributed by atoms with van der Waals surface area (Å²) in [6, 6.07) is 15.9. The summed E-state index contributed by atoms with van der Waals surface area (Å²) in [6.07, 6.45) is 0. The molecule has 121 valence electrons. The van der Waals surface area contributed by atoms with E-state index in [1.165, 1.54) is 16.8 Å². The Morgan fingerprint density at radius 2 is 1.57 bits per heavy atom. The molecule has 1 atom stereocenters. The number of hydrogen-bond donors (Lipinski definition) is 1. The van der Waals surface area contributed by atoms with Crippen molar-refractivity contribution in [1.29, 1.82) is 0 Å². The van der Waals surface area contributed by atoms with Gasteiger partial charge in [0, 0.05) is 0 Å². The number of fused-ring (bicyclic) bond motifs is 3. The van der Waals surface area contributed by atoms with Crippen LogP contribution < -0.4 is 30.1 Å². The zero-order valence-electron chi connectivity index (χ0n) is 13.8. The van der Waals surface area contributed by atoms with E-state index in [0.717, 1.165) is 4.22 Å². The number of rotatable bonds is 2. The van der Waals surface area contributed by atoms with Crippen LogP contribution in [-0.4, -0.2) is 5.54 Å². The molecular formula is C19H22Cl2NTi. The van der Waals surface area contributed by atoms with Gasteiger partial charge in [0.25, 0.3) is 0 Å². The quantitative estimate of drug-likeness (QED) is 0.687. The van der Waals surface area contributed by atoms with Crippen LogP contribution in [0.3, 0.4) is 0 Å². The fraction of sp³-hybridized carbons (Fsp3) is 0.368. The monoisotopic (exact) mass is 382 g/mol. The molecule has 4 heteroatoms. The second kappa shape index (κ2) is 6.80. The first-order valence-corrected chi connectivity index (χ1v) is 11.0. The minimum atomic E-state index is -0.868. The summed E-state index contributed by atoms with van der Waals surface area (Å²) in [5.41, 5.74) is 7.68. The zero-order valence-corrected chi connectivity index (χ0v) is 16.9. The predicted molar refractivity (Wildman–Crippen MR) is 86.7 cm³/mol. The molecule has 1 unspecified atom stereocenters. The van der Waals surface area contributed by atoms with Gasteiger partial charge in [0.1, 0.15) is 0 Å². The summed E-state index contributed by atoms with van der Waals surface area (Å²) in [5.74, 6) is 0. The van der Waals surface area contributed by atoms with E-state index >= 15 is 0 Å². The van der Waals surface area contributed by atoms with Crippen LogP contribution in [0.1, 0.15) is 36.1 Å². The molecular weight excluding hydrogens is 361 g/mol. The first-order valence-electron chi connectivity index (χ1n) is 7.89. The van der Waals surface area contributed by atoms with E-state index in [2.05, 4.69) is 68.6 Å². The molecule has 4 rings (SSSR count). The van der Waals surface area contributed by atoms with Crippen molar-refractivity contribution in [2.45, 2.75) is 40.0 Å². The molecule has 0 radical (unpaired) electrons. The number of hydrogen-bond acceptors (Lipinski definition) is 1. The van der Waals surface area contributed by atoms with Crippen molar-refractivity contribution in [3.63, 3.8) is 0 Å². The van der Waals surface area contributed by atoms with E-state index in [1.54, 1.807) is 20.6 Å². The third-order valence-electron chi connectivity index (χ3n) is 4.41. The molecule has 0 spiro atoms. The van der Waals surface area contributed by atoms with E-state index in [9.17, 15) is 0 Å². The normalized spacial score (nSPS) is 17.5. The zero-order chi connectivity index (χ0) is 14.6. The molecule has 1 heterocycles. The summed E-state index contributed by atoms with van der Waals surface area (Å²) in [7, 11) is 0. The maximum absolute atomic E-state index is 3.76. The van der Waals surface area contributed by atoms with Gasteiger partial charge in [-0.05, 0) is 0 Å². The van der Waals surface area contributed by atoms with Crippen molar-refractivity contribution in [2.75, 3.05) is 5.32 Å². The fourth-order valence-corrected chi connectivity index (χ4v) is 7.82. The Labute approximate surface area is 157 Å². The van der Waals surface area contributed by atoms with Gasteiger partial charge in [-0.3, -0.25) is 0 Å². The Kier molecular flexibility index (Phi) is 5.58. The van der Waals surface area contributed by atoms with E-state index in [-0.39, 0.29) is 30.4 Å². The molecule has 23 heavy (non-hydrogen) atoms. The third kappa shape index (κ3) is 3.49. The van der Waals surface area contributed by atoms with Crippen LogP contribution in [0.25, 0.3) is 11.1 Å². The summed E-state index contributed by atoms with van der Waals surface area (Å²) in [6.45, 7) is 6.75. The van der Waals surface area contributed by atoms with Gasteiger partial charge in [0.15, 0.2) is 0 Å². The molecule has 1 saturated heterocycles.